The maximum absolute atomic E-state index is 13.5. The first-order valence-corrected chi connectivity index (χ1v) is 14.7. The van der Waals surface area contributed by atoms with Crippen LogP contribution in [0.3, 0.4) is 0 Å². The SMILES string of the molecule is CC1(COc2c(N3CCN(S(=O)(=O)NCc4cccc(C(=O)O)c4)CC3)cnn(-c3cccc(Cl)c3)c2=O)CC1. The van der Waals surface area contributed by atoms with Gasteiger partial charge in [-0.25, -0.2) is 4.79 Å². The number of carboxylic acid groups (broad SMARTS) is 1. The molecule has 40 heavy (non-hydrogen) atoms. The molecule has 1 saturated heterocycles. The fourth-order valence-electron chi connectivity index (χ4n) is 4.44. The van der Waals surface area contributed by atoms with Crippen LogP contribution >= 0.6 is 11.6 Å². The van der Waals surface area contributed by atoms with Crippen LogP contribution in [0.15, 0.2) is 59.5 Å². The summed E-state index contributed by atoms with van der Waals surface area (Å²) in [6, 6.07) is 13.0. The van der Waals surface area contributed by atoms with Crippen LogP contribution in [-0.4, -0.2) is 66.4 Å². The largest absolute Gasteiger partial charge is 0.486 e. The van der Waals surface area contributed by atoms with Gasteiger partial charge in [0.15, 0.2) is 0 Å². The maximum Gasteiger partial charge on any atom is 0.335 e. The quantitative estimate of drug-likeness (QED) is 0.370. The Morgan fingerprint density at radius 1 is 1.12 bits per heavy atom. The number of aromatic nitrogens is 2. The van der Waals surface area contributed by atoms with Crippen LogP contribution in [0, 0.1) is 5.41 Å². The predicted octanol–water partition coefficient (Wildman–Crippen LogP) is 2.92. The molecule has 2 aliphatic rings. The van der Waals surface area contributed by atoms with Crippen LogP contribution in [-0.2, 0) is 16.8 Å². The predicted molar refractivity (Wildman–Crippen MR) is 151 cm³/mol. The van der Waals surface area contributed by atoms with E-state index in [1.165, 1.54) is 21.1 Å². The summed E-state index contributed by atoms with van der Waals surface area (Å²) in [6.45, 7) is 3.48. The molecule has 1 aromatic heterocycles. The fraction of sp³-hybridized carbons (Fsp3) is 0.370. The number of carbonyl (C=O) groups is 1. The van der Waals surface area contributed by atoms with E-state index in [4.69, 9.17) is 21.4 Å². The highest BCUT2D eigenvalue weighted by Crippen LogP contribution is 2.45. The lowest BCUT2D eigenvalue weighted by atomic mass is 10.1. The molecule has 0 atom stereocenters. The molecule has 2 N–H and O–H groups in total. The summed E-state index contributed by atoms with van der Waals surface area (Å²) in [7, 11) is -3.82. The zero-order chi connectivity index (χ0) is 28.5. The van der Waals surface area contributed by atoms with Crippen LogP contribution < -0.4 is 19.9 Å². The normalized spacial score (nSPS) is 17.0. The molecule has 5 rings (SSSR count). The van der Waals surface area contributed by atoms with Gasteiger partial charge in [0.25, 0.3) is 10.2 Å². The van der Waals surface area contributed by atoms with E-state index in [-0.39, 0.29) is 36.4 Å². The van der Waals surface area contributed by atoms with Crippen molar-refractivity contribution in [2.24, 2.45) is 5.41 Å². The fourth-order valence-corrected chi connectivity index (χ4v) is 5.80. The lowest BCUT2D eigenvalue weighted by Crippen LogP contribution is -2.52. The third-order valence-corrected chi connectivity index (χ3v) is 8.98. The molecule has 0 spiro atoms. The van der Waals surface area contributed by atoms with Crippen LogP contribution in [0.25, 0.3) is 5.69 Å². The minimum absolute atomic E-state index is 0.0356. The number of hydrogen-bond acceptors (Lipinski definition) is 7. The van der Waals surface area contributed by atoms with E-state index < -0.39 is 21.7 Å². The van der Waals surface area contributed by atoms with Crippen molar-refractivity contribution in [1.29, 1.82) is 0 Å². The standard InChI is InChI=1S/C27H30ClN5O6S/c1-27(8-9-27)18-39-24-23(17-29-33(25(24)34)22-7-3-6-21(28)15-22)31-10-12-32(13-11-31)40(37,38)30-16-19-4-2-5-20(14-19)26(35)36/h2-7,14-15,17,30H,8-13,16,18H2,1H3,(H,35,36). The van der Waals surface area contributed by atoms with Gasteiger partial charge in [0.2, 0.25) is 5.75 Å². The molecule has 0 amide bonds. The second-order valence-corrected chi connectivity index (χ2v) is 12.6. The molecule has 1 saturated carbocycles. The van der Waals surface area contributed by atoms with Crippen LogP contribution in [0.2, 0.25) is 5.02 Å². The molecule has 0 unspecified atom stereocenters. The van der Waals surface area contributed by atoms with E-state index in [1.807, 2.05) is 4.90 Å². The number of ether oxygens (including phenoxy) is 1. The minimum atomic E-state index is -3.82. The van der Waals surface area contributed by atoms with E-state index in [2.05, 4.69) is 16.7 Å². The van der Waals surface area contributed by atoms with Gasteiger partial charge in [-0.3, -0.25) is 4.79 Å². The molecular weight excluding hydrogens is 558 g/mol. The summed E-state index contributed by atoms with van der Waals surface area (Å²) in [5.41, 5.74) is 1.29. The first-order chi connectivity index (χ1) is 19.0. The molecule has 2 fully saturated rings. The Balaban J connectivity index is 1.31. The van der Waals surface area contributed by atoms with Gasteiger partial charge < -0.3 is 14.7 Å². The average molecular weight is 588 g/mol. The summed E-state index contributed by atoms with van der Waals surface area (Å²) in [6.07, 6.45) is 3.63. The number of halogens is 1. The highest BCUT2D eigenvalue weighted by Gasteiger charge is 2.39. The van der Waals surface area contributed by atoms with Crippen molar-refractivity contribution in [3.63, 3.8) is 0 Å². The number of rotatable bonds is 10. The number of nitrogens with zero attached hydrogens (tertiary/aromatic N) is 4. The smallest absolute Gasteiger partial charge is 0.335 e. The molecule has 2 heterocycles. The highest BCUT2D eigenvalue weighted by molar-refractivity contribution is 7.87. The van der Waals surface area contributed by atoms with Gasteiger partial charge in [-0.15, -0.1) is 0 Å². The van der Waals surface area contributed by atoms with Gasteiger partial charge in [-0.2, -0.15) is 27.2 Å². The van der Waals surface area contributed by atoms with Crippen molar-refractivity contribution >= 4 is 33.5 Å². The number of piperazine rings is 1. The summed E-state index contributed by atoms with van der Waals surface area (Å²) in [5.74, 6) is -0.902. The Morgan fingerprint density at radius 3 is 2.52 bits per heavy atom. The number of carboxylic acids is 1. The first-order valence-electron chi connectivity index (χ1n) is 12.9. The van der Waals surface area contributed by atoms with Crippen molar-refractivity contribution < 1.29 is 23.1 Å². The third kappa shape index (κ3) is 6.30. The number of anilines is 1. The monoisotopic (exact) mass is 587 g/mol. The molecule has 212 valence electrons. The van der Waals surface area contributed by atoms with Crippen molar-refractivity contribution in [2.75, 3.05) is 37.7 Å². The van der Waals surface area contributed by atoms with E-state index in [1.54, 1.807) is 42.6 Å². The summed E-state index contributed by atoms with van der Waals surface area (Å²) in [4.78, 5) is 26.7. The van der Waals surface area contributed by atoms with Crippen molar-refractivity contribution in [1.82, 2.24) is 18.8 Å². The van der Waals surface area contributed by atoms with Crippen LogP contribution in [0.1, 0.15) is 35.7 Å². The summed E-state index contributed by atoms with van der Waals surface area (Å²) >= 11 is 6.13. The zero-order valence-electron chi connectivity index (χ0n) is 21.9. The van der Waals surface area contributed by atoms with E-state index >= 15 is 0 Å². The number of benzene rings is 2. The Hall–Kier alpha value is -3.45. The maximum atomic E-state index is 13.5. The van der Waals surface area contributed by atoms with Crippen LogP contribution in [0.5, 0.6) is 5.75 Å². The number of hydrogen-bond donors (Lipinski definition) is 2. The molecule has 3 aromatic rings. The van der Waals surface area contributed by atoms with Gasteiger partial charge in [0, 0.05) is 43.2 Å². The highest BCUT2D eigenvalue weighted by atomic mass is 35.5. The average Bonchev–Trinajstić information content (AvgIpc) is 3.68. The Bertz CT molecular complexity index is 1580. The van der Waals surface area contributed by atoms with E-state index in [9.17, 15) is 18.0 Å². The summed E-state index contributed by atoms with van der Waals surface area (Å²) in [5, 5.41) is 14.0. The Labute approximate surface area is 237 Å². The molecule has 2 aromatic carbocycles. The summed E-state index contributed by atoms with van der Waals surface area (Å²) < 4.78 is 37.2. The topological polar surface area (TPSA) is 134 Å². The molecule has 11 nitrogen and oxygen atoms in total. The van der Waals surface area contributed by atoms with Crippen molar-refractivity contribution in [3.8, 4) is 11.4 Å². The van der Waals surface area contributed by atoms with Crippen molar-refractivity contribution in [3.05, 3.63) is 81.2 Å². The number of nitrogens with one attached hydrogen (secondary N) is 1. The zero-order valence-corrected chi connectivity index (χ0v) is 23.5. The molecule has 1 aliphatic heterocycles. The van der Waals surface area contributed by atoms with Gasteiger partial charge in [-0.1, -0.05) is 36.7 Å². The molecule has 13 heteroatoms. The lowest BCUT2D eigenvalue weighted by Gasteiger charge is -2.35. The first kappa shape index (κ1) is 28.1. The van der Waals surface area contributed by atoms with Gasteiger partial charge in [-0.05, 0) is 48.7 Å². The van der Waals surface area contributed by atoms with Gasteiger partial charge >= 0.3 is 11.5 Å². The molecule has 0 radical (unpaired) electrons. The molecule has 1 aliphatic carbocycles. The second-order valence-electron chi connectivity index (χ2n) is 10.4. The minimum Gasteiger partial charge on any atom is -0.486 e. The Kier molecular flexibility index (Phi) is 7.87. The third-order valence-electron chi connectivity index (χ3n) is 7.19. The lowest BCUT2D eigenvalue weighted by molar-refractivity contribution is 0.0696. The Morgan fingerprint density at radius 2 is 1.85 bits per heavy atom. The van der Waals surface area contributed by atoms with Crippen LogP contribution in [0.4, 0.5) is 5.69 Å². The number of aromatic carboxylic acids is 1. The molecule has 0 bridgehead atoms. The van der Waals surface area contributed by atoms with Gasteiger partial charge in [0.05, 0.1) is 24.1 Å². The molecular formula is C27H30ClN5O6S. The second kappa shape index (κ2) is 11.2. The van der Waals surface area contributed by atoms with E-state index in [0.717, 1.165) is 12.8 Å². The van der Waals surface area contributed by atoms with Gasteiger partial charge in [0.1, 0.15) is 5.69 Å². The van der Waals surface area contributed by atoms with Crippen molar-refractivity contribution in [2.45, 2.75) is 26.3 Å². The van der Waals surface area contributed by atoms with E-state index in [0.29, 0.717) is 41.7 Å².